The van der Waals surface area contributed by atoms with Gasteiger partial charge in [-0.15, -0.1) is 0 Å². The van der Waals surface area contributed by atoms with E-state index < -0.39 is 0 Å². The lowest BCUT2D eigenvalue weighted by molar-refractivity contribution is -0.122. The van der Waals surface area contributed by atoms with Gasteiger partial charge in [-0.2, -0.15) is 0 Å². The van der Waals surface area contributed by atoms with E-state index in [9.17, 15) is 9.59 Å². The third-order valence-electron chi connectivity index (χ3n) is 5.05. The van der Waals surface area contributed by atoms with Gasteiger partial charge in [-0.3, -0.25) is 19.5 Å². The van der Waals surface area contributed by atoms with Crippen LogP contribution in [-0.2, 0) is 4.79 Å². The second-order valence-corrected chi connectivity index (χ2v) is 6.72. The van der Waals surface area contributed by atoms with Crippen molar-refractivity contribution < 1.29 is 9.59 Å². The second-order valence-electron chi connectivity index (χ2n) is 6.72. The molecule has 1 aliphatic heterocycles. The van der Waals surface area contributed by atoms with Crippen LogP contribution in [0.15, 0.2) is 48.7 Å². The third-order valence-corrected chi connectivity index (χ3v) is 5.05. The van der Waals surface area contributed by atoms with Crippen LogP contribution in [0.2, 0.25) is 0 Å². The third kappa shape index (κ3) is 3.02. The average molecular weight is 335 g/mol. The standard InChI is InChI=1S/C20H21N3O2/c24-18(22-14-7-4-5-8-14)13-17-19-16(11-6-12-21-19)20(25)23(17)15-9-2-1-3-10-15/h1-3,6,9-12,14,17H,4-5,7-8,13H2,(H,22,24)/t17-/m0/s1. The summed E-state index contributed by atoms with van der Waals surface area (Å²) in [6.45, 7) is 0. The molecule has 2 aromatic rings. The number of fused-ring (bicyclic) bond motifs is 1. The molecule has 2 aliphatic rings. The largest absolute Gasteiger partial charge is 0.353 e. The first-order valence-electron chi connectivity index (χ1n) is 8.87. The van der Waals surface area contributed by atoms with Crippen LogP contribution in [0.3, 0.4) is 0 Å². The van der Waals surface area contributed by atoms with Crippen molar-refractivity contribution in [2.45, 2.75) is 44.2 Å². The summed E-state index contributed by atoms with van der Waals surface area (Å²) in [6.07, 6.45) is 6.36. The minimum Gasteiger partial charge on any atom is -0.353 e. The molecule has 25 heavy (non-hydrogen) atoms. The minimum atomic E-state index is -0.354. The van der Waals surface area contributed by atoms with Crippen molar-refractivity contribution in [1.29, 1.82) is 0 Å². The van der Waals surface area contributed by atoms with Gasteiger partial charge in [0.15, 0.2) is 0 Å². The Morgan fingerprint density at radius 1 is 1.12 bits per heavy atom. The predicted octanol–water partition coefficient (Wildman–Crippen LogP) is 3.23. The molecule has 5 heteroatoms. The van der Waals surface area contributed by atoms with Crippen LogP contribution >= 0.6 is 0 Å². The SMILES string of the molecule is O=C(C[C@H]1c2ncccc2C(=O)N1c1ccccc1)NC1CCCC1. The van der Waals surface area contributed by atoms with E-state index >= 15 is 0 Å². The Hall–Kier alpha value is -2.69. The summed E-state index contributed by atoms with van der Waals surface area (Å²) in [5.41, 5.74) is 2.08. The highest BCUT2D eigenvalue weighted by atomic mass is 16.2. The maximum Gasteiger partial charge on any atom is 0.260 e. The van der Waals surface area contributed by atoms with E-state index in [1.54, 1.807) is 23.2 Å². The summed E-state index contributed by atoms with van der Waals surface area (Å²) < 4.78 is 0. The number of nitrogens with one attached hydrogen (secondary N) is 1. The van der Waals surface area contributed by atoms with Gasteiger partial charge in [0, 0.05) is 17.9 Å². The monoisotopic (exact) mass is 335 g/mol. The number of para-hydroxylation sites is 1. The van der Waals surface area contributed by atoms with Crippen LogP contribution in [0.1, 0.15) is 54.2 Å². The number of carbonyl (C=O) groups excluding carboxylic acids is 2. The first kappa shape index (κ1) is 15.8. The molecule has 1 aromatic carbocycles. The maximum absolute atomic E-state index is 12.9. The minimum absolute atomic E-state index is 0.0101. The number of nitrogens with zero attached hydrogens (tertiary/aromatic N) is 2. The highest BCUT2D eigenvalue weighted by molar-refractivity contribution is 6.11. The Balaban J connectivity index is 1.61. The van der Waals surface area contributed by atoms with Crippen LogP contribution < -0.4 is 10.2 Å². The number of rotatable bonds is 4. The number of anilines is 1. The van der Waals surface area contributed by atoms with Gasteiger partial charge in [0.05, 0.1) is 23.7 Å². The fraction of sp³-hybridized carbons (Fsp3) is 0.350. The molecule has 0 bridgehead atoms. The summed E-state index contributed by atoms with van der Waals surface area (Å²) in [5.74, 6) is -0.0999. The van der Waals surface area contributed by atoms with E-state index in [-0.39, 0.29) is 30.3 Å². The molecule has 0 spiro atoms. The van der Waals surface area contributed by atoms with Crippen molar-refractivity contribution >= 4 is 17.5 Å². The zero-order valence-electron chi connectivity index (χ0n) is 14.0. The average Bonchev–Trinajstić information content (AvgIpc) is 3.23. The molecule has 0 saturated heterocycles. The summed E-state index contributed by atoms with van der Waals surface area (Å²) in [7, 11) is 0. The number of pyridine rings is 1. The number of hydrogen-bond donors (Lipinski definition) is 1. The Labute approximate surface area is 147 Å². The maximum atomic E-state index is 12.9. The molecule has 128 valence electrons. The van der Waals surface area contributed by atoms with Gasteiger partial charge in [-0.05, 0) is 37.1 Å². The number of hydrogen-bond acceptors (Lipinski definition) is 3. The zero-order valence-corrected chi connectivity index (χ0v) is 14.0. The van der Waals surface area contributed by atoms with Crippen molar-refractivity contribution in [3.63, 3.8) is 0 Å². The molecule has 1 atom stereocenters. The highest BCUT2D eigenvalue weighted by Crippen LogP contribution is 2.38. The van der Waals surface area contributed by atoms with Crippen LogP contribution in [-0.4, -0.2) is 22.8 Å². The van der Waals surface area contributed by atoms with Gasteiger partial charge in [-0.1, -0.05) is 31.0 Å². The first-order chi connectivity index (χ1) is 12.2. The molecule has 1 aliphatic carbocycles. The molecule has 2 heterocycles. The van der Waals surface area contributed by atoms with Crippen molar-refractivity contribution in [1.82, 2.24) is 10.3 Å². The van der Waals surface area contributed by atoms with Crippen LogP contribution in [0.25, 0.3) is 0 Å². The molecule has 1 aromatic heterocycles. The lowest BCUT2D eigenvalue weighted by Crippen LogP contribution is -2.36. The Morgan fingerprint density at radius 2 is 1.88 bits per heavy atom. The fourth-order valence-electron chi connectivity index (χ4n) is 3.86. The van der Waals surface area contributed by atoms with Crippen LogP contribution in [0.4, 0.5) is 5.69 Å². The quantitative estimate of drug-likeness (QED) is 0.933. The van der Waals surface area contributed by atoms with E-state index in [1.165, 1.54) is 12.8 Å². The summed E-state index contributed by atoms with van der Waals surface area (Å²) in [5, 5.41) is 3.12. The molecule has 1 saturated carbocycles. The predicted molar refractivity (Wildman–Crippen MR) is 95.2 cm³/mol. The molecule has 2 amide bonds. The Bertz CT molecular complexity index is 785. The molecule has 0 unspecified atom stereocenters. The van der Waals surface area contributed by atoms with E-state index in [0.29, 0.717) is 11.3 Å². The number of carbonyl (C=O) groups is 2. The van der Waals surface area contributed by atoms with Crippen molar-refractivity contribution in [2.24, 2.45) is 0 Å². The van der Waals surface area contributed by atoms with E-state index in [1.807, 2.05) is 30.3 Å². The summed E-state index contributed by atoms with van der Waals surface area (Å²) in [6, 6.07) is 13.0. The van der Waals surface area contributed by atoms with E-state index in [4.69, 9.17) is 0 Å². The summed E-state index contributed by atoms with van der Waals surface area (Å²) in [4.78, 5) is 31.6. The van der Waals surface area contributed by atoms with Crippen LogP contribution in [0, 0.1) is 0 Å². The van der Waals surface area contributed by atoms with Gasteiger partial charge in [0.2, 0.25) is 5.91 Å². The number of benzene rings is 1. The smallest absolute Gasteiger partial charge is 0.260 e. The van der Waals surface area contributed by atoms with Crippen molar-refractivity contribution in [2.75, 3.05) is 4.90 Å². The van der Waals surface area contributed by atoms with Crippen molar-refractivity contribution in [3.8, 4) is 0 Å². The molecule has 0 radical (unpaired) electrons. The molecule has 4 rings (SSSR count). The Kier molecular flexibility index (Phi) is 4.22. The van der Waals surface area contributed by atoms with Crippen LogP contribution in [0.5, 0.6) is 0 Å². The first-order valence-corrected chi connectivity index (χ1v) is 8.87. The van der Waals surface area contributed by atoms with E-state index in [2.05, 4.69) is 10.3 Å². The molecule has 1 N–H and O–H groups in total. The normalized spacial score (nSPS) is 19.9. The zero-order chi connectivity index (χ0) is 17.2. The van der Waals surface area contributed by atoms with Gasteiger partial charge < -0.3 is 5.32 Å². The molecular formula is C20H21N3O2. The van der Waals surface area contributed by atoms with Gasteiger partial charge >= 0.3 is 0 Å². The molecule has 1 fully saturated rings. The summed E-state index contributed by atoms with van der Waals surface area (Å²) >= 11 is 0. The molecule has 5 nitrogen and oxygen atoms in total. The van der Waals surface area contributed by atoms with Gasteiger partial charge in [0.25, 0.3) is 5.91 Å². The molecular weight excluding hydrogens is 314 g/mol. The van der Waals surface area contributed by atoms with Crippen molar-refractivity contribution in [3.05, 3.63) is 59.9 Å². The second kappa shape index (κ2) is 6.67. The fourth-order valence-corrected chi connectivity index (χ4v) is 3.86. The van der Waals surface area contributed by atoms with E-state index in [0.717, 1.165) is 18.5 Å². The van der Waals surface area contributed by atoms with Gasteiger partial charge in [-0.25, -0.2) is 0 Å². The van der Waals surface area contributed by atoms with Gasteiger partial charge in [0.1, 0.15) is 0 Å². The lowest BCUT2D eigenvalue weighted by Gasteiger charge is -2.25. The Morgan fingerprint density at radius 3 is 2.64 bits per heavy atom. The topological polar surface area (TPSA) is 62.3 Å². The lowest BCUT2D eigenvalue weighted by atomic mass is 10.1. The highest BCUT2D eigenvalue weighted by Gasteiger charge is 2.40. The number of amides is 2. The number of aromatic nitrogens is 1.